The Balaban J connectivity index is 1.81. The summed E-state index contributed by atoms with van der Waals surface area (Å²) in [6.07, 6.45) is 0. The molecule has 7 heteroatoms. The van der Waals surface area contributed by atoms with Crippen LogP contribution in [0.15, 0.2) is 66.7 Å². The molecule has 0 fully saturated rings. The number of nitrogens with one attached hydrogen (secondary N) is 1. The number of benzene rings is 3. The summed E-state index contributed by atoms with van der Waals surface area (Å²) >= 11 is 6.30. The highest BCUT2D eigenvalue weighted by atomic mass is 35.5. The van der Waals surface area contributed by atoms with Gasteiger partial charge in [-0.3, -0.25) is 4.79 Å². The molecule has 1 amide bonds. The number of anilines is 1. The smallest absolute Gasteiger partial charge is 0.295 e. The molecular weight excluding hydrogens is 403 g/mol. The zero-order valence-corrected chi connectivity index (χ0v) is 17.1. The van der Waals surface area contributed by atoms with E-state index in [9.17, 15) is 9.18 Å². The number of aryl methyl sites for hydroxylation is 1. The van der Waals surface area contributed by atoms with Crippen LogP contribution in [-0.4, -0.2) is 20.7 Å². The van der Waals surface area contributed by atoms with Crippen molar-refractivity contribution in [1.29, 1.82) is 0 Å². The number of rotatable bonds is 4. The third-order valence-electron chi connectivity index (χ3n) is 4.64. The van der Waals surface area contributed by atoms with E-state index in [1.54, 1.807) is 16.8 Å². The van der Waals surface area contributed by atoms with Gasteiger partial charge >= 0.3 is 0 Å². The van der Waals surface area contributed by atoms with Crippen LogP contribution in [0.2, 0.25) is 5.02 Å². The minimum absolute atomic E-state index is 0.0323. The molecule has 1 aromatic heterocycles. The van der Waals surface area contributed by atoms with Crippen molar-refractivity contribution < 1.29 is 9.18 Å². The van der Waals surface area contributed by atoms with Gasteiger partial charge in [-0.15, -0.1) is 5.10 Å². The zero-order chi connectivity index (χ0) is 21.3. The molecule has 0 unspecified atom stereocenters. The number of halogens is 2. The number of nitrogens with zero attached hydrogens (tertiary/aromatic N) is 3. The predicted octanol–water partition coefficient (Wildman–Crippen LogP) is 5.60. The quantitative estimate of drug-likeness (QED) is 0.467. The lowest BCUT2D eigenvalue weighted by molar-refractivity contribution is 0.101. The third-order valence-corrected chi connectivity index (χ3v) is 5.05. The van der Waals surface area contributed by atoms with Gasteiger partial charge in [0.15, 0.2) is 5.82 Å². The minimum atomic E-state index is -0.534. The van der Waals surface area contributed by atoms with Gasteiger partial charge in [-0.2, -0.15) is 0 Å². The van der Waals surface area contributed by atoms with E-state index in [2.05, 4.69) is 15.4 Å². The first-order valence-electron chi connectivity index (χ1n) is 9.29. The molecule has 0 saturated carbocycles. The van der Waals surface area contributed by atoms with Crippen molar-refractivity contribution in [2.45, 2.75) is 13.8 Å². The predicted molar refractivity (Wildman–Crippen MR) is 116 cm³/mol. The van der Waals surface area contributed by atoms with Crippen molar-refractivity contribution >= 4 is 23.2 Å². The fourth-order valence-corrected chi connectivity index (χ4v) is 3.30. The van der Waals surface area contributed by atoms with Crippen molar-refractivity contribution in [3.63, 3.8) is 0 Å². The van der Waals surface area contributed by atoms with Crippen LogP contribution in [0.5, 0.6) is 0 Å². The number of hydrogen-bond acceptors (Lipinski definition) is 3. The molecule has 0 saturated heterocycles. The van der Waals surface area contributed by atoms with Crippen LogP contribution in [0.4, 0.5) is 10.1 Å². The molecule has 0 atom stereocenters. The Hall–Kier alpha value is -3.51. The summed E-state index contributed by atoms with van der Waals surface area (Å²) in [5, 5.41) is 7.67. The average molecular weight is 421 g/mol. The average Bonchev–Trinajstić information content (AvgIpc) is 3.15. The number of carbonyl (C=O) groups is 1. The van der Waals surface area contributed by atoms with Crippen LogP contribution in [0.25, 0.3) is 17.1 Å². The molecule has 0 spiro atoms. The number of aromatic nitrogens is 3. The van der Waals surface area contributed by atoms with E-state index in [0.29, 0.717) is 16.5 Å². The number of carbonyl (C=O) groups excluding carboxylic acids is 1. The van der Waals surface area contributed by atoms with E-state index in [4.69, 9.17) is 11.6 Å². The maximum Gasteiger partial charge on any atom is 0.295 e. The molecule has 4 aromatic rings. The number of hydrogen-bond donors (Lipinski definition) is 1. The summed E-state index contributed by atoms with van der Waals surface area (Å²) in [5.74, 6) is -0.502. The molecule has 150 valence electrons. The molecule has 1 heterocycles. The molecule has 0 aliphatic carbocycles. The van der Waals surface area contributed by atoms with Crippen LogP contribution in [0, 0.1) is 19.7 Å². The van der Waals surface area contributed by atoms with E-state index in [1.807, 2.05) is 50.2 Å². The van der Waals surface area contributed by atoms with Gasteiger partial charge in [0, 0.05) is 16.3 Å². The van der Waals surface area contributed by atoms with Crippen LogP contribution in [0.3, 0.4) is 0 Å². The van der Waals surface area contributed by atoms with Gasteiger partial charge in [-0.1, -0.05) is 47.5 Å². The Labute approximate surface area is 178 Å². The summed E-state index contributed by atoms with van der Waals surface area (Å²) in [6.45, 7) is 3.86. The van der Waals surface area contributed by atoms with Crippen LogP contribution in [-0.2, 0) is 0 Å². The van der Waals surface area contributed by atoms with Crippen LogP contribution in [0.1, 0.15) is 21.7 Å². The Morgan fingerprint density at radius 2 is 1.80 bits per heavy atom. The maximum atomic E-state index is 13.5. The van der Waals surface area contributed by atoms with Gasteiger partial charge in [0.05, 0.1) is 5.69 Å². The van der Waals surface area contributed by atoms with Crippen molar-refractivity contribution in [3.8, 4) is 17.1 Å². The fourth-order valence-electron chi connectivity index (χ4n) is 3.13. The standard InChI is InChI=1S/C23H18ClFN4O/c1-14-6-3-7-16(12-14)22-27-21(23(30)26-18-9-4-8-17(25)13-18)28-29(22)20-11-5-10-19(24)15(20)2/h3-13H,1-2H3,(H,26,30). The monoisotopic (exact) mass is 420 g/mol. The van der Waals surface area contributed by atoms with E-state index in [1.165, 1.54) is 18.2 Å². The van der Waals surface area contributed by atoms with Crippen molar-refractivity contribution in [2.75, 3.05) is 5.32 Å². The van der Waals surface area contributed by atoms with E-state index in [0.717, 1.165) is 22.4 Å². The lowest BCUT2D eigenvalue weighted by Gasteiger charge is -2.10. The van der Waals surface area contributed by atoms with E-state index >= 15 is 0 Å². The Morgan fingerprint density at radius 3 is 2.57 bits per heavy atom. The van der Waals surface area contributed by atoms with Crippen molar-refractivity contribution in [1.82, 2.24) is 14.8 Å². The van der Waals surface area contributed by atoms with Crippen LogP contribution >= 0.6 is 11.6 Å². The first kappa shape index (κ1) is 19.8. The molecule has 1 N–H and O–H groups in total. The molecule has 5 nitrogen and oxygen atoms in total. The molecule has 0 bridgehead atoms. The van der Waals surface area contributed by atoms with Crippen molar-refractivity contribution in [3.05, 3.63) is 94.5 Å². The van der Waals surface area contributed by atoms with Gasteiger partial charge < -0.3 is 5.32 Å². The Bertz CT molecular complexity index is 1250. The summed E-state index contributed by atoms with van der Waals surface area (Å²) in [7, 11) is 0. The highest BCUT2D eigenvalue weighted by molar-refractivity contribution is 6.31. The molecule has 4 rings (SSSR count). The van der Waals surface area contributed by atoms with Gasteiger partial charge in [-0.05, 0) is 55.8 Å². The minimum Gasteiger partial charge on any atom is -0.319 e. The Morgan fingerprint density at radius 1 is 1.03 bits per heavy atom. The maximum absolute atomic E-state index is 13.5. The Kier molecular flexibility index (Phi) is 5.33. The molecular formula is C23H18ClFN4O. The largest absolute Gasteiger partial charge is 0.319 e. The fraction of sp³-hybridized carbons (Fsp3) is 0.0870. The highest BCUT2D eigenvalue weighted by Gasteiger charge is 2.20. The summed E-state index contributed by atoms with van der Waals surface area (Å²) in [6, 6.07) is 18.9. The molecule has 30 heavy (non-hydrogen) atoms. The normalized spacial score (nSPS) is 10.8. The zero-order valence-electron chi connectivity index (χ0n) is 16.4. The van der Waals surface area contributed by atoms with E-state index in [-0.39, 0.29) is 5.82 Å². The lowest BCUT2D eigenvalue weighted by atomic mass is 10.1. The van der Waals surface area contributed by atoms with Gasteiger partial charge in [-0.25, -0.2) is 14.1 Å². The summed E-state index contributed by atoms with van der Waals surface area (Å²) in [4.78, 5) is 17.3. The lowest BCUT2D eigenvalue weighted by Crippen LogP contribution is -2.14. The number of amides is 1. The second-order valence-electron chi connectivity index (χ2n) is 6.89. The third kappa shape index (κ3) is 3.95. The van der Waals surface area contributed by atoms with Gasteiger partial charge in [0.2, 0.25) is 5.82 Å². The summed E-state index contributed by atoms with van der Waals surface area (Å²) in [5.41, 5.74) is 3.72. The first-order valence-corrected chi connectivity index (χ1v) is 9.66. The second-order valence-corrected chi connectivity index (χ2v) is 7.30. The van der Waals surface area contributed by atoms with Crippen molar-refractivity contribution in [2.24, 2.45) is 0 Å². The van der Waals surface area contributed by atoms with Gasteiger partial charge in [0.25, 0.3) is 5.91 Å². The first-order chi connectivity index (χ1) is 14.4. The molecule has 0 aliphatic rings. The highest BCUT2D eigenvalue weighted by Crippen LogP contribution is 2.27. The molecule has 3 aromatic carbocycles. The van der Waals surface area contributed by atoms with Gasteiger partial charge in [0.1, 0.15) is 5.82 Å². The van der Waals surface area contributed by atoms with E-state index < -0.39 is 11.7 Å². The second kappa shape index (κ2) is 8.08. The summed E-state index contributed by atoms with van der Waals surface area (Å²) < 4.78 is 15.1. The van der Waals surface area contributed by atoms with Crippen LogP contribution < -0.4 is 5.32 Å². The molecule has 0 aliphatic heterocycles. The SMILES string of the molecule is Cc1cccc(-c2nc(C(=O)Nc3cccc(F)c3)nn2-c2cccc(Cl)c2C)c1. The molecule has 0 radical (unpaired) electrons. The topological polar surface area (TPSA) is 59.8 Å².